The van der Waals surface area contributed by atoms with Crippen LogP contribution in [0.25, 0.3) is 10.9 Å². The minimum absolute atomic E-state index is 0.0641. The minimum atomic E-state index is 0.0641. The van der Waals surface area contributed by atoms with Crippen molar-refractivity contribution in [2.75, 3.05) is 23.9 Å². The largest absolute Gasteiger partial charge is 0.490 e. The van der Waals surface area contributed by atoms with Crippen molar-refractivity contribution in [1.29, 1.82) is 0 Å². The van der Waals surface area contributed by atoms with Gasteiger partial charge >= 0.3 is 0 Å². The number of hydrogen-bond donors (Lipinski definition) is 1. The van der Waals surface area contributed by atoms with E-state index in [1.165, 1.54) is 0 Å². The van der Waals surface area contributed by atoms with Crippen LogP contribution in [0.5, 0.6) is 5.75 Å². The molecule has 0 amide bonds. The van der Waals surface area contributed by atoms with Crippen LogP contribution in [-0.4, -0.2) is 29.4 Å². The van der Waals surface area contributed by atoms with Crippen molar-refractivity contribution in [3.05, 3.63) is 59.8 Å². The summed E-state index contributed by atoms with van der Waals surface area (Å²) in [5.41, 5.74) is 4.25. The molecule has 3 rings (SSSR count). The molecule has 0 fully saturated rings. The molecular weight excluding hydrogens is 356 g/mol. The Morgan fingerprint density at radius 2 is 2.00 bits per heavy atom. The third-order valence-corrected chi connectivity index (χ3v) is 5.01. The van der Waals surface area contributed by atoms with Gasteiger partial charge in [0.05, 0.1) is 17.9 Å². The number of carbonyl (C=O) groups excluding carboxylic acids is 1. The van der Waals surface area contributed by atoms with Crippen LogP contribution in [0.1, 0.15) is 29.3 Å². The molecule has 0 aliphatic heterocycles. The molecule has 140 valence electrons. The van der Waals surface area contributed by atoms with Gasteiger partial charge in [0.25, 0.3) is 0 Å². The Balaban J connectivity index is 2.13. The lowest BCUT2D eigenvalue weighted by Gasteiger charge is -2.17. The zero-order valence-electron chi connectivity index (χ0n) is 15.9. The summed E-state index contributed by atoms with van der Waals surface area (Å²) in [5, 5.41) is 4.36. The van der Waals surface area contributed by atoms with E-state index in [1.807, 2.05) is 56.3 Å². The lowest BCUT2D eigenvalue weighted by molar-refractivity contribution is 0.0988. The lowest BCUT2D eigenvalue weighted by Crippen LogP contribution is -2.06. The van der Waals surface area contributed by atoms with Gasteiger partial charge in [-0.3, -0.25) is 9.78 Å². The van der Waals surface area contributed by atoms with Gasteiger partial charge < -0.3 is 10.1 Å². The van der Waals surface area contributed by atoms with Crippen LogP contribution >= 0.6 is 11.8 Å². The van der Waals surface area contributed by atoms with Crippen LogP contribution < -0.4 is 10.1 Å². The first-order chi connectivity index (χ1) is 13.2. The molecular formula is C22H24N2O2S. The minimum Gasteiger partial charge on any atom is -0.490 e. The maximum absolute atomic E-state index is 12.5. The second-order valence-electron chi connectivity index (χ2n) is 6.26. The third-order valence-electron chi connectivity index (χ3n) is 4.43. The number of para-hydroxylation sites is 2. The van der Waals surface area contributed by atoms with Crippen molar-refractivity contribution < 1.29 is 9.53 Å². The predicted molar refractivity (Wildman–Crippen MR) is 115 cm³/mol. The maximum Gasteiger partial charge on any atom is 0.166 e. The Morgan fingerprint density at radius 3 is 2.74 bits per heavy atom. The monoisotopic (exact) mass is 380 g/mol. The number of ketones is 1. The van der Waals surface area contributed by atoms with Crippen LogP contribution in [0.3, 0.4) is 0 Å². The van der Waals surface area contributed by atoms with Crippen LogP contribution in [0.2, 0.25) is 0 Å². The molecule has 1 heterocycles. The highest BCUT2D eigenvalue weighted by atomic mass is 32.2. The van der Waals surface area contributed by atoms with Gasteiger partial charge in [0, 0.05) is 29.4 Å². The normalized spacial score (nSPS) is 10.8. The van der Waals surface area contributed by atoms with Gasteiger partial charge in [-0.1, -0.05) is 37.3 Å². The summed E-state index contributed by atoms with van der Waals surface area (Å²) in [7, 11) is 0. The standard InChI is InChI=1S/C22H24N2O2S/c1-4-19(25)17-14-23-22-16(9-7-11-20(22)26-12-13-27-3)21(17)24-18-10-6-5-8-15(18)2/h5-11,14H,4,12-13H2,1-3H3,(H,23,24). The zero-order valence-corrected chi connectivity index (χ0v) is 16.7. The summed E-state index contributed by atoms with van der Waals surface area (Å²) < 4.78 is 5.92. The number of hydrogen-bond acceptors (Lipinski definition) is 5. The van der Waals surface area contributed by atoms with Crippen LogP contribution in [0.15, 0.2) is 48.7 Å². The molecule has 0 unspecified atom stereocenters. The first-order valence-electron chi connectivity index (χ1n) is 9.05. The number of carbonyl (C=O) groups is 1. The van der Waals surface area contributed by atoms with Crippen molar-refractivity contribution in [2.45, 2.75) is 20.3 Å². The fourth-order valence-electron chi connectivity index (χ4n) is 2.93. The Morgan fingerprint density at radius 1 is 1.19 bits per heavy atom. The highest BCUT2D eigenvalue weighted by molar-refractivity contribution is 7.98. The molecule has 0 bridgehead atoms. The van der Waals surface area contributed by atoms with Crippen LogP contribution in [-0.2, 0) is 0 Å². The molecule has 0 radical (unpaired) electrons. The Hall–Kier alpha value is -2.53. The molecule has 0 aliphatic rings. The molecule has 0 atom stereocenters. The Labute approximate surface area is 164 Å². The number of ether oxygens (including phenoxy) is 1. The second-order valence-corrected chi connectivity index (χ2v) is 7.24. The zero-order chi connectivity index (χ0) is 19.2. The van der Waals surface area contributed by atoms with Crippen molar-refractivity contribution in [3.8, 4) is 5.75 Å². The molecule has 0 aliphatic carbocycles. The summed E-state index contributed by atoms with van der Waals surface area (Å²) in [4.78, 5) is 17.1. The molecule has 27 heavy (non-hydrogen) atoms. The average molecular weight is 381 g/mol. The Kier molecular flexibility index (Phi) is 6.35. The van der Waals surface area contributed by atoms with E-state index in [1.54, 1.807) is 18.0 Å². The van der Waals surface area contributed by atoms with Gasteiger partial charge in [-0.15, -0.1) is 0 Å². The number of aromatic nitrogens is 1. The van der Waals surface area contributed by atoms with E-state index < -0.39 is 0 Å². The van der Waals surface area contributed by atoms with Gasteiger partial charge in [0.1, 0.15) is 11.3 Å². The number of benzene rings is 2. The van der Waals surface area contributed by atoms with Crippen LogP contribution in [0.4, 0.5) is 11.4 Å². The number of thioether (sulfide) groups is 1. The molecule has 0 saturated heterocycles. The maximum atomic E-state index is 12.5. The third kappa shape index (κ3) is 4.25. The number of aryl methyl sites for hydroxylation is 1. The lowest BCUT2D eigenvalue weighted by atomic mass is 10.0. The fourth-order valence-corrected chi connectivity index (χ4v) is 3.18. The summed E-state index contributed by atoms with van der Waals surface area (Å²) in [5.74, 6) is 1.72. The topological polar surface area (TPSA) is 51.2 Å². The van der Waals surface area contributed by atoms with E-state index in [0.717, 1.165) is 39.3 Å². The number of rotatable bonds is 8. The van der Waals surface area contributed by atoms with Crippen molar-refractivity contribution >= 4 is 39.8 Å². The van der Waals surface area contributed by atoms with Gasteiger partial charge in [0.15, 0.2) is 5.78 Å². The molecule has 1 aromatic heterocycles. The number of fused-ring (bicyclic) bond motifs is 1. The quantitative estimate of drug-likeness (QED) is 0.406. The van der Waals surface area contributed by atoms with Crippen LogP contribution in [0, 0.1) is 6.92 Å². The SMILES string of the molecule is CCC(=O)c1cnc2c(OCCSC)cccc2c1Nc1ccccc1C. The van der Waals surface area contributed by atoms with E-state index in [0.29, 0.717) is 18.6 Å². The summed E-state index contributed by atoms with van der Waals surface area (Å²) in [6.07, 6.45) is 4.15. The van der Waals surface area contributed by atoms with Crippen molar-refractivity contribution in [3.63, 3.8) is 0 Å². The average Bonchev–Trinajstić information content (AvgIpc) is 2.69. The number of anilines is 2. The van der Waals surface area contributed by atoms with E-state index in [2.05, 4.69) is 16.6 Å². The van der Waals surface area contributed by atoms with E-state index in [9.17, 15) is 4.79 Å². The van der Waals surface area contributed by atoms with Gasteiger partial charge in [-0.05, 0) is 30.9 Å². The van der Waals surface area contributed by atoms with E-state index in [4.69, 9.17) is 4.74 Å². The highest BCUT2D eigenvalue weighted by Crippen LogP contribution is 2.34. The van der Waals surface area contributed by atoms with Gasteiger partial charge in [-0.25, -0.2) is 0 Å². The van der Waals surface area contributed by atoms with Crippen molar-refractivity contribution in [2.24, 2.45) is 0 Å². The van der Waals surface area contributed by atoms with Crippen molar-refractivity contribution in [1.82, 2.24) is 4.98 Å². The number of pyridine rings is 1. The fraction of sp³-hybridized carbons (Fsp3) is 0.273. The van der Waals surface area contributed by atoms with Gasteiger partial charge in [-0.2, -0.15) is 11.8 Å². The molecule has 0 spiro atoms. The first-order valence-corrected chi connectivity index (χ1v) is 10.4. The van der Waals surface area contributed by atoms with E-state index >= 15 is 0 Å². The van der Waals surface area contributed by atoms with Gasteiger partial charge in [0.2, 0.25) is 0 Å². The molecule has 5 heteroatoms. The van der Waals surface area contributed by atoms with E-state index in [-0.39, 0.29) is 5.78 Å². The summed E-state index contributed by atoms with van der Waals surface area (Å²) in [6.45, 7) is 4.54. The molecule has 1 N–H and O–H groups in total. The molecule has 4 nitrogen and oxygen atoms in total. The smallest absolute Gasteiger partial charge is 0.166 e. The summed E-state index contributed by atoms with van der Waals surface area (Å²) >= 11 is 1.74. The second kappa shape index (κ2) is 8.91. The molecule has 0 saturated carbocycles. The first kappa shape index (κ1) is 19.2. The number of Topliss-reactive ketones (excluding diaryl/α,β-unsaturated/α-hetero) is 1. The highest BCUT2D eigenvalue weighted by Gasteiger charge is 2.17. The Bertz CT molecular complexity index is 956. The molecule has 3 aromatic rings. The molecule has 2 aromatic carbocycles. The summed E-state index contributed by atoms with van der Waals surface area (Å²) in [6, 6.07) is 13.9. The predicted octanol–water partition coefficient (Wildman–Crippen LogP) is 5.62. The number of nitrogens with zero attached hydrogens (tertiary/aromatic N) is 1. The number of nitrogens with one attached hydrogen (secondary N) is 1.